The van der Waals surface area contributed by atoms with E-state index in [0.717, 1.165) is 17.8 Å². The van der Waals surface area contributed by atoms with Gasteiger partial charge in [0.2, 0.25) is 5.91 Å². The molecular formula is C23H29N7O. The van der Waals surface area contributed by atoms with Crippen LogP contribution in [0.5, 0.6) is 0 Å². The minimum absolute atomic E-state index is 0.0917. The Bertz CT molecular complexity index is 999. The van der Waals surface area contributed by atoms with Crippen LogP contribution in [0.1, 0.15) is 30.2 Å². The third-order valence-electron chi connectivity index (χ3n) is 4.56. The Labute approximate surface area is 182 Å². The van der Waals surface area contributed by atoms with Crippen molar-refractivity contribution in [1.82, 2.24) is 25.4 Å². The summed E-state index contributed by atoms with van der Waals surface area (Å²) in [5.41, 5.74) is 3.18. The van der Waals surface area contributed by atoms with E-state index >= 15 is 0 Å². The molecule has 0 aliphatic heterocycles. The van der Waals surface area contributed by atoms with Crippen LogP contribution >= 0.6 is 0 Å². The SMILES string of the molecule is CCNC(=NCc1ccccc1Cn1cccn1)NCCC(=O)Nc1cccc(C)n1. The molecule has 0 bridgehead atoms. The van der Waals surface area contributed by atoms with E-state index in [1.807, 2.05) is 55.1 Å². The lowest BCUT2D eigenvalue weighted by Gasteiger charge is -2.13. The zero-order valence-corrected chi connectivity index (χ0v) is 18.0. The van der Waals surface area contributed by atoms with E-state index in [-0.39, 0.29) is 5.91 Å². The molecule has 1 amide bonds. The number of nitrogens with one attached hydrogen (secondary N) is 3. The normalized spacial score (nSPS) is 11.2. The van der Waals surface area contributed by atoms with E-state index in [1.165, 1.54) is 5.56 Å². The summed E-state index contributed by atoms with van der Waals surface area (Å²) in [6.07, 6.45) is 4.04. The van der Waals surface area contributed by atoms with Gasteiger partial charge >= 0.3 is 0 Å². The Hall–Kier alpha value is -3.68. The molecule has 0 unspecified atom stereocenters. The largest absolute Gasteiger partial charge is 0.357 e. The quantitative estimate of drug-likeness (QED) is 0.366. The molecule has 0 aliphatic rings. The molecule has 0 fully saturated rings. The number of benzene rings is 1. The number of carbonyl (C=O) groups is 1. The molecule has 162 valence electrons. The average molecular weight is 420 g/mol. The summed E-state index contributed by atoms with van der Waals surface area (Å²) in [5, 5.41) is 13.5. The van der Waals surface area contributed by atoms with E-state index < -0.39 is 0 Å². The first-order valence-corrected chi connectivity index (χ1v) is 10.4. The number of anilines is 1. The number of amides is 1. The molecule has 2 heterocycles. The number of nitrogens with zero attached hydrogens (tertiary/aromatic N) is 4. The van der Waals surface area contributed by atoms with Gasteiger partial charge in [0.05, 0.1) is 13.1 Å². The number of aryl methyl sites for hydroxylation is 1. The molecule has 0 spiro atoms. The van der Waals surface area contributed by atoms with Gasteiger partial charge in [-0.2, -0.15) is 5.10 Å². The second-order valence-corrected chi connectivity index (χ2v) is 7.06. The summed E-state index contributed by atoms with van der Waals surface area (Å²) in [4.78, 5) is 21.2. The molecule has 0 atom stereocenters. The molecule has 3 rings (SSSR count). The molecule has 8 nitrogen and oxygen atoms in total. The third-order valence-corrected chi connectivity index (χ3v) is 4.56. The number of rotatable bonds is 9. The van der Waals surface area contributed by atoms with E-state index in [1.54, 1.807) is 12.3 Å². The molecule has 2 aromatic heterocycles. The van der Waals surface area contributed by atoms with Crippen molar-refractivity contribution in [3.63, 3.8) is 0 Å². The van der Waals surface area contributed by atoms with Gasteiger partial charge in [0.1, 0.15) is 5.82 Å². The lowest BCUT2D eigenvalue weighted by atomic mass is 10.1. The highest BCUT2D eigenvalue weighted by Gasteiger charge is 2.06. The third kappa shape index (κ3) is 7.26. The van der Waals surface area contributed by atoms with Gasteiger partial charge in [0, 0.05) is 37.6 Å². The number of aliphatic imine (C=N–C) groups is 1. The lowest BCUT2D eigenvalue weighted by Crippen LogP contribution is -2.38. The van der Waals surface area contributed by atoms with Crippen LogP contribution in [-0.2, 0) is 17.9 Å². The smallest absolute Gasteiger partial charge is 0.227 e. The van der Waals surface area contributed by atoms with E-state index in [0.29, 0.717) is 37.8 Å². The molecule has 0 saturated carbocycles. The summed E-state index contributed by atoms with van der Waals surface area (Å²) in [7, 11) is 0. The van der Waals surface area contributed by atoms with Crippen LogP contribution in [0.25, 0.3) is 0 Å². The Morgan fingerprint density at radius 3 is 2.65 bits per heavy atom. The monoisotopic (exact) mass is 419 g/mol. The van der Waals surface area contributed by atoms with Gasteiger partial charge in [-0.25, -0.2) is 9.98 Å². The van der Waals surface area contributed by atoms with E-state index in [4.69, 9.17) is 0 Å². The fraction of sp³-hybridized carbons (Fsp3) is 0.304. The number of pyridine rings is 1. The molecule has 3 N–H and O–H groups in total. The van der Waals surface area contributed by atoms with Gasteiger partial charge in [-0.3, -0.25) is 9.48 Å². The number of carbonyl (C=O) groups excluding carboxylic acids is 1. The summed E-state index contributed by atoms with van der Waals surface area (Å²) in [6, 6.07) is 15.7. The summed E-state index contributed by atoms with van der Waals surface area (Å²) in [6.45, 7) is 6.35. The zero-order valence-electron chi connectivity index (χ0n) is 18.0. The molecule has 0 aliphatic carbocycles. The van der Waals surface area contributed by atoms with Crippen molar-refractivity contribution in [3.05, 3.63) is 77.7 Å². The topological polar surface area (TPSA) is 96.2 Å². The second-order valence-electron chi connectivity index (χ2n) is 7.06. The van der Waals surface area contributed by atoms with E-state index in [9.17, 15) is 4.79 Å². The number of hydrogen-bond donors (Lipinski definition) is 3. The molecule has 3 aromatic rings. The van der Waals surface area contributed by atoms with Crippen molar-refractivity contribution in [1.29, 1.82) is 0 Å². The Morgan fingerprint density at radius 1 is 1.06 bits per heavy atom. The summed E-state index contributed by atoms with van der Waals surface area (Å²) >= 11 is 0. The predicted octanol–water partition coefficient (Wildman–Crippen LogP) is 2.72. The van der Waals surface area contributed by atoms with Gasteiger partial charge in [0.25, 0.3) is 0 Å². The fourth-order valence-corrected chi connectivity index (χ4v) is 3.05. The first-order valence-electron chi connectivity index (χ1n) is 10.4. The maximum atomic E-state index is 12.2. The molecule has 1 aromatic carbocycles. The Morgan fingerprint density at radius 2 is 1.90 bits per heavy atom. The number of aromatic nitrogens is 3. The Kier molecular flexibility index (Phi) is 8.16. The van der Waals surface area contributed by atoms with Gasteiger partial charge in [0.15, 0.2) is 5.96 Å². The highest BCUT2D eigenvalue weighted by molar-refractivity contribution is 5.90. The highest BCUT2D eigenvalue weighted by Crippen LogP contribution is 2.11. The second kappa shape index (κ2) is 11.5. The summed E-state index contributed by atoms with van der Waals surface area (Å²) < 4.78 is 1.90. The van der Waals surface area contributed by atoms with Crippen LogP contribution in [0.2, 0.25) is 0 Å². The van der Waals surface area contributed by atoms with Gasteiger partial charge < -0.3 is 16.0 Å². The number of hydrogen-bond acceptors (Lipinski definition) is 4. The van der Waals surface area contributed by atoms with Crippen LogP contribution < -0.4 is 16.0 Å². The first-order chi connectivity index (χ1) is 15.1. The maximum Gasteiger partial charge on any atom is 0.227 e. The first kappa shape index (κ1) is 22.0. The van der Waals surface area contributed by atoms with Gasteiger partial charge in [-0.05, 0) is 43.2 Å². The van der Waals surface area contributed by atoms with Gasteiger partial charge in [-0.15, -0.1) is 0 Å². The highest BCUT2D eigenvalue weighted by atomic mass is 16.1. The van der Waals surface area contributed by atoms with Crippen molar-refractivity contribution >= 4 is 17.7 Å². The average Bonchev–Trinajstić information content (AvgIpc) is 3.26. The van der Waals surface area contributed by atoms with Crippen molar-refractivity contribution in [2.75, 3.05) is 18.4 Å². The molecule has 31 heavy (non-hydrogen) atoms. The van der Waals surface area contributed by atoms with Gasteiger partial charge in [-0.1, -0.05) is 30.3 Å². The minimum atomic E-state index is -0.0917. The van der Waals surface area contributed by atoms with Crippen molar-refractivity contribution in [2.45, 2.75) is 33.4 Å². The van der Waals surface area contributed by atoms with Crippen LogP contribution in [0.3, 0.4) is 0 Å². The van der Waals surface area contributed by atoms with Crippen molar-refractivity contribution in [2.24, 2.45) is 4.99 Å². The predicted molar refractivity (Wildman–Crippen MR) is 123 cm³/mol. The lowest BCUT2D eigenvalue weighted by molar-refractivity contribution is -0.116. The summed E-state index contributed by atoms with van der Waals surface area (Å²) in [5.74, 6) is 1.16. The standard InChI is InChI=1S/C23H29N7O/c1-3-24-23(25-14-12-22(31)29-21-11-6-8-18(2)28-21)26-16-19-9-4-5-10-20(19)17-30-15-7-13-27-30/h4-11,13,15H,3,12,14,16-17H2,1-2H3,(H2,24,25,26)(H,28,29,31). The van der Waals surface area contributed by atoms with Crippen molar-refractivity contribution < 1.29 is 4.79 Å². The number of guanidine groups is 1. The van der Waals surface area contributed by atoms with Crippen molar-refractivity contribution in [3.8, 4) is 0 Å². The van der Waals surface area contributed by atoms with Crippen LogP contribution in [0.15, 0.2) is 65.9 Å². The maximum absolute atomic E-state index is 12.2. The van der Waals surface area contributed by atoms with Crippen LogP contribution in [0.4, 0.5) is 5.82 Å². The van der Waals surface area contributed by atoms with Crippen LogP contribution in [-0.4, -0.2) is 39.7 Å². The molecule has 0 saturated heterocycles. The minimum Gasteiger partial charge on any atom is -0.357 e. The molecule has 0 radical (unpaired) electrons. The van der Waals surface area contributed by atoms with Crippen LogP contribution in [0, 0.1) is 6.92 Å². The zero-order chi connectivity index (χ0) is 21.9. The Balaban J connectivity index is 1.54. The molecule has 8 heteroatoms. The van der Waals surface area contributed by atoms with E-state index in [2.05, 4.69) is 43.2 Å². The fourth-order valence-electron chi connectivity index (χ4n) is 3.05. The molecular weight excluding hydrogens is 390 g/mol.